The molecule has 0 bridgehead atoms. The zero-order valence-electron chi connectivity index (χ0n) is 18.8. The van der Waals surface area contributed by atoms with Gasteiger partial charge in [-0.05, 0) is 41.8 Å². The summed E-state index contributed by atoms with van der Waals surface area (Å²) in [4.78, 5) is 7.10. The van der Waals surface area contributed by atoms with Crippen molar-refractivity contribution >= 4 is 16.9 Å². The molecule has 168 valence electrons. The molecule has 7 nitrogen and oxygen atoms in total. The highest BCUT2D eigenvalue weighted by molar-refractivity contribution is 5.95. The van der Waals surface area contributed by atoms with Crippen molar-refractivity contribution in [1.29, 1.82) is 0 Å². The third kappa shape index (κ3) is 2.83. The first-order chi connectivity index (χ1) is 16.7. The first-order valence-corrected chi connectivity index (χ1v) is 11.5. The van der Waals surface area contributed by atoms with E-state index in [0.717, 1.165) is 59.2 Å². The van der Waals surface area contributed by atoms with E-state index in [0.29, 0.717) is 6.61 Å². The topological polar surface area (TPSA) is 69.2 Å². The van der Waals surface area contributed by atoms with Crippen LogP contribution in [0, 0.1) is 0 Å². The third-order valence-electron chi connectivity index (χ3n) is 7.11. The van der Waals surface area contributed by atoms with Crippen LogP contribution in [0.3, 0.4) is 0 Å². The fourth-order valence-corrected chi connectivity index (χ4v) is 5.42. The fourth-order valence-electron chi connectivity index (χ4n) is 5.42. The van der Waals surface area contributed by atoms with Gasteiger partial charge in [-0.15, -0.1) is 10.2 Å². The molecular weight excluding hydrogens is 426 g/mol. The molecule has 5 aromatic rings. The lowest BCUT2D eigenvalue weighted by atomic mass is 9.92. The van der Waals surface area contributed by atoms with Gasteiger partial charge >= 0.3 is 0 Å². The van der Waals surface area contributed by atoms with Gasteiger partial charge in [0, 0.05) is 24.5 Å². The zero-order valence-corrected chi connectivity index (χ0v) is 18.8. The van der Waals surface area contributed by atoms with Crippen LogP contribution in [0.25, 0.3) is 33.7 Å². The van der Waals surface area contributed by atoms with Gasteiger partial charge in [-0.25, -0.2) is 4.98 Å². The summed E-state index contributed by atoms with van der Waals surface area (Å²) in [5, 5.41) is 10.3. The molecule has 1 unspecified atom stereocenters. The first-order valence-electron chi connectivity index (χ1n) is 11.5. The number of para-hydroxylation sites is 1. The van der Waals surface area contributed by atoms with Crippen molar-refractivity contribution in [1.82, 2.24) is 19.7 Å². The van der Waals surface area contributed by atoms with Gasteiger partial charge < -0.3 is 14.1 Å². The third-order valence-corrected chi connectivity index (χ3v) is 7.11. The summed E-state index contributed by atoms with van der Waals surface area (Å²) in [5.74, 6) is 2.38. The quantitative estimate of drug-likeness (QED) is 0.389. The van der Waals surface area contributed by atoms with Gasteiger partial charge in [0.15, 0.2) is 11.6 Å². The molecule has 2 aliphatic heterocycles. The molecule has 7 heteroatoms. The molecule has 0 aliphatic carbocycles. The van der Waals surface area contributed by atoms with E-state index in [4.69, 9.17) is 14.1 Å². The van der Waals surface area contributed by atoms with Gasteiger partial charge in [0.25, 0.3) is 0 Å². The molecular formula is C27H23N5O2. The number of fused-ring (bicyclic) bond motifs is 3. The lowest BCUT2D eigenvalue weighted by Gasteiger charge is -2.25. The van der Waals surface area contributed by atoms with E-state index in [1.807, 2.05) is 43.4 Å². The Balaban J connectivity index is 1.29. The molecule has 1 spiro atoms. The van der Waals surface area contributed by atoms with Crippen molar-refractivity contribution < 1.29 is 9.15 Å². The number of furan rings is 1. The van der Waals surface area contributed by atoms with Crippen LogP contribution in [0.4, 0.5) is 5.95 Å². The van der Waals surface area contributed by atoms with Crippen molar-refractivity contribution in [3.05, 3.63) is 84.1 Å². The Labute approximate surface area is 196 Å². The summed E-state index contributed by atoms with van der Waals surface area (Å²) in [6.07, 6.45) is 2.60. The van der Waals surface area contributed by atoms with E-state index in [1.54, 1.807) is 6.26 Å². The Morgan fingerprint density at radius 1 is 0.971 bits per heavy atom. The van der Waals surface area contributed by atoms with Crippen molar-refractivity contribution in [2.24, 2.45) is 7.05 Å². The number of hydrogen-bond acceptors (Lipinski definition) is 6. The molecule has 0 saturated carbocycles. The minimum absolute atomic E-state index is 0.265. The van der Waals surface area contributed by atoms with Gasteiger partial charge in [0.2, 0.25) is 5.95 Å². The number of rotatable bonds is 3. The van der Waals surface area contributed by atoms with Gasteiger partial charge in [-0.3, -0.25) is 4.57 Å². The standard InChI is InChI=1S/C27H23N5O2/c1-31-25(20-15-23(24-11-6-14-33-24)28-22-10-5-3-8-19(20)22)29-30-26(31)32-13-12-27(17-32)21-9-4-2-7-18(21)16-34-27/h2-11,14-15H,12-13,16-17H2,1H3. The molecule has 7 rings (SSSR count). The number of anilines is 1. The van der Waals surface area contributed by atoms with Crippen LogP contribution in [-0.2, 0) is 24.0 Å². The second-order valence-electron chi connectivity index (χ2n) is 9.04. The van der Waals surface area contributed by atoms with Crippen molar-refractivity contribution in [3.8, 4) is 22.8 Å². The Hall–Kier alpha value is -3.97. The Kier molecular flexibility index (Phi) is 4.17. The van der Waals surface area contributed by atoms with E-state index < -0.39 is 0 Å². The number of aromatic nitrogens is 4. The maximum absolute atomic E-state index is 6.35. The average molecular weight is 450 g/mol. The maximum atomic E-state index is 6.35. The minimum Gasteiger partial charge on any atom is -0.463 e. The van der Waals surface area contributed by atoms with Crippen LogP contribution in [0.1, 0.15) is 17.5 Å². The van der Waals surface area contributed by atoms with Crippen LogP contribution in [0.15, 0.2) is 77.4 Å². The smallest absolute Gasteiger partial charge is 0.227 e. The molecule has 2 aliphatic rings. The molecule has 1 atom stereocenters. The minimum atomic E-state index is -0.265. The van der Waals surface area contributed by atoms with Crippen LogP contribution in [0.5, 0.6) is 0 Å². The Morgan fingerprint density at radius 2 is 1.85 bits per heavy atom. The van der Waals surface area contributed by atoms with E-state index in [2.05, 4.69) is 50.0 Å². The summed E-state index contributed by atoms with van der Waals surface area (Å²) in [6, 6.07) is 22.5. The number of benzene rings is 2. The lowest BCUT2D eigenvalue weighted by Crippen LogP contribution is -2.31. The first kappa shape index (κ1) is 19.5. The zero-order chi connectivity index (χ0) is 22.7. The monoisotopic (exact) mass is 449 g/mol. The average Bonchev–Trinajstić information content (AvgIpc) is 3.67. The normalized spacial score (nSPS) is 19.4. The molecule has 0 N–H and O–H groups in total. The van der Waals surface area contributed by atoms with E-state index >= 15 is 0 Å². The second-order valence-corrected chi connectivity index (χ2v) is 9.04. The molecule has 1 saturated heterocycles. The summed E-state index contributed by atoms with van der Waals surface area (Å²) in [6.45, 7) is 2.31. The van der Waals surface area contributed by atoms with Crippen LogP contribution < -0.4 is 4.90 Å². The van der Waals surface area contributed by atoms with Crippen LogP contribution >= 0.6 is 0 Å². The van der Waals surface area contributed by atoms with Gasteiger partial charge in [0.05, 0.1) is 24.9 Å². The molecule has 1 fully saturated rings. The predicted molar refractivity (Wildman–Crippen MR) is 129 cm³/mol. The SMILES string of the molecule is Cn1c(-c2cc(-c3ccco3)nc3ccccc23)nnc1N1CCC2(C1)OCc1ccccc12. The summed E-state index contributed by atoms with van der Waals surface area (Å²) < 4.78 is 14.1. The second kappa shape index (κ2) is 7.27. The fraction of sp³-hybridized carbons (Fsp3) is 0.222. The van der Waals surface area contributed by atoms with Crippen molar-refractivity contribution in [2.75, 3.05) is 18.0 Å². The van der Waals surface area contributed by atoms with Gasteiger partial charge in [-0.1, -0.05) is 42.5 Å². The molecule has 3 aromatic heterocycles. The van der Waals surface area contributed by atoms with E-state index in [1.165, 1.54) is 11.1 Å². The number of nitrogens with zero attached hydrogens (tertiary/aromatic N) is 5. The van der Waals surface area contributed by atoms with Crippen LogP contribution in [-0.4, -0.2) is 32.8 Å². The Bertz CT molecular complexity index is 1520. The van der Waals surface area contributed by atoms with Gasteiger partial charge in [0.1, 0.15) is 11.3 Å². The van der Waals surface area contributed by atoms with Crippen molar-refractivity contribution in [3.63, 3.8) is 0 Å². The highest BCUT2D eigenvalue weighted by Gasteiger charge is 2.46. The van der Waals surface area contributed by atoms with Crippen molar-refractivity contribution in [2.45, 2.75) is 18.6 Å². The largest absolute Gasteiger partial charge is 0.463 e. The molecule has 0 radical (unpaired) electrons. The summed E-state index contributed by atoms with van der Waals surface area (Å²) in [5.41, 5.74) is 4.99. The maximum Gasteiger partial charge on any atom is 0.227 e. The highest BCUT2D eigenvalue weighted by atomic mass is 16.5. The Morgan fingerprint density at radius 3 is 2.76 bits per heavy atom. The van der Waals surface area contributed by atoms with Gasteiger partial charge in [-0.2, -0.15) is 0 Å². The molecule has 5 heterocycles. The molecule has 34 heavy (non-hydrogen) atoms. The lowest BCUT2D eigenvalue weighted by molar-refractivity contribution is -0.0205. The number of pyridine rings is 1. The van der Waals surface area contributed by atoms with E-state index in [-0.39, 0.29) is 5.60 Å². The molecule has 2 aromatic carbocycles. The highest BCUT2D eigenvalue weighted by Crippen LogP contribution is 2.44. The predicted octanol–water partition coefficient (Wildman–Crippen LogP) is 4.93. The molecule has 0 amide bonds. The summed E-state index contributed by atoms with van der Waals surface area (Å²) in [7, 11) is 2.03. The van der Waals surface area contributed by atoms with Crippen LogP contribution in [0.2, 0.25) is 0 Å². The van der Waals surface area contributed by atoms with E-state index in [9.17, 15) is 0 Å². The number of hydrogen-bond donors (Lipinski definition) is 0. The summed E-state index contributed by atoms with van der Waals surface area (Å²) >= 11 is 0. The number of ether oxygens (including phenoxy) is 1.